The molecule has 0 aliphatic carbocycles. The third-order valence-corrected chi connectivity index (χ3v) is 6.21. The number of carbonyl (C=O) groups excluding carboxylic acids is 1. The quantitative estimate of drug-likeness (QED) is 0.658. The number of hydrogen-bond donors (Lipinski definition) is 1. The van der Waals surface area contributed by atoms with Crippen LogP contribution < -0.4 is 10.2 Å². The maximum absolute atomic E-state index is 12.9. The lowest BCUT2D eigenvalue weighted by Crippen LogP contribution is -2.28. The van der Waals surface area contributed by atoms with Crippen LogP contribution in [-0.4, -0.2) is 51.9 Å². The van der Waals surface area contributed by atoms with E-state index >= 15 is 0 Å². The van der Waals surface area contributed by atoms with E-state index in [1.165, 1.54) is 12.8 Å². The predicted molar refractivity (Wildman–Crippen MR) is 125 cm³/mol. The highest BCUT2D eigenvalue weighted by atomic mass is 16.2. The van der Waals surface area contributed by atoms with Crippen molar-refractivity contribution in [3.05, 3.63) is 71.5 Å². The van der Waals surface area contributed by atoms with Crippen molar-refractivity contribution in [3.63, 3.8) is 0 Å². The fourth-order valence-electron chi connectivity index (χ4n) is 4.47. The molecule has 1 unspecified atom stereocenters. The Balaban J connectivity index is 1.40. The summed E-state index contributed by atoms with van der Waals surface area (Å²) in [4.78, 5) is 31.2. The number of carbonyl (C=O) groups is 1. The molecule has 4 heterocycles. The summed E-state index contributed by atoms with van der Waals surface area (Å²) in [5.74, 6) is 2.57. The molecule has 32 heavy (non-hydrogen) atoms. The topological polar surface area (TPSA) is 74.2 Å². The molecule has 1 aromatic carbocycles. The molecular weight excluding hydrogens is 400 g/mol. The summed E-state index contributed by atoms with van der Waals surface area (Å²) in [6.07, 6.45) is 5.03. The molecule has 0 saturated carbocycles. The van der Waals surface area contributed by atoms with Crippen LogP contribution in [0.3, 0.4) is 0 Å². The zero-order chi connectivity index (χ0) is 21.9. The summed E-state index contributed by atoms with van der Waals surface area (Å²) in [7, 11) is 0. The molecule has 2 fully saturated rings. The first kappa shape index (κ1) is 20.4. The van der Waals surface area contributed by atoms with Crippen LogP contribution >= 0.6 is 0 Å². The van der Waals surface area contributed by atoms with E-state index in [9.17, 15) is 4.79 Å². The second kappa shape index (κ2) is 8.94. The monoisotopic (exact) mass is 428 g/mol. The summed E-state index contributed by atoms with van der Waals surface area (Å²) < 4.78 is 0. The molecule has 1 N–H and O–H groups in total. The van der Waals surface area contributed by atoms with Gasteiger partial charge in [-0.3, -0.25) is 4.79 Å². The van der Waals surface area contributed by atoms with E-state index in [1.807, 2.05) is 60.4 Å². The minimum atomic E-state index is 0.0873. The molecular formula is C25H28N6O. The second-order valence-electron chi connectivity index (χ2n) is 8.62. The average molecular weight is 429 g/mol. The van der Waals surface area contributed by atoms with Crippen molar-refractivity contribution >= 4 is 23.5 Å². The molecule has 0 spiro atoms. The van der Waals surface area contributed by atoms with E-state index in [2.05, 4.69) is 15.2 Å². The van der Waals surface area contributed by atoms with Gasteiger partial charge in [0, 0.05) is 49.9 Å². The highest BCUT2D eigenvalue weighted by Crippen LogP contribution is 2.31. The van der Waals surface area contributed by atoms with Gasteiger partial charge >= 0.3 is 0 Å². The molecule has 2 aliphatic heterocycles. The Morgan fingerprint density at radius 3 is 2.59 bits per heavy atom. The van der Waals surface area contributed by atoms with Crippen molar-refractivity contribution in [1.82, 2.24) is 19.9 Å². The van der Waals surface area contributed by atoms with E-state index in [0.717, 1.165) is 60.5 Å². The highest BCUT2D eigenvalue weighted by Gasteiger charge is 2.30. The number of amides is 1. The minimum Gasteiger partial charge on any atom is -0.341 e. The van der Waals surface area contributed by atoms with Gasteiger partial charge in [0.1, 0.15) is 11.6 Å². The van der Waals surface area contributed by atoms with Gasteiger partial charge in [-0.25, -0.2) is 9.97 Å². The molecule has 1 amide bonds. The molecule has 0 bridgehead atoms. The van der Waals surface area contributed by atoms with Crippen LogP contribution in [0.25, 0.3) is 0 Å². The Morgan fingerprint density at radius 2 is 1.81 bits per heavy atom. The Kier molecular flexibility index (Phi) is 5.71. The normalized spacial score (nSPS) is 18.2. The summed E-state index contributed by atoms with van der Waals surface area (Å²) in [5, 5.41) is 3.36. The van der Waals surface area contributed by atoms with E-state index in [-0.39, 0.29) is 11.8 Å². The van der Waals surface area contributed by atoms with Gasteiger partial charge in [-0.05, 0) is 56.0 Å². The molecule has 164 valence electrons. The van der Waals surface area contributed by atoms with Gasteiger partial charge in [-0.15, -0.1) is 0 Å². The lowest BCUT2D eigenvalue weighted by molar-refractivity contribution is 0.0790. The molecule has 5 rings (SSSR count). The number of hydrogen-bond acceptors (Lipinski definition) is 6. The number of anilines is 3. The first-order valence-electron chi connectivity index (χ1n) is 11.3. The zero-order valence-corrected chi connectivity index (χ0v) is 18.4. The van der Waals surface area contributed by atoms with Crippen molar-refractivity contribution in [3.8, 4) is 0 Å². The maximum Gasteiger partial charge on any atom is 0.253 e. The van der Waals surface area contributed by atoms with Crippen LogP contribution in [0.2, 0.25) is 0 Å². The Morgan fingerprint density at radius 1 is 1.00 bits per heavy atom. The molecule has 2 aliphatic rings. The van der Waals surface area contributed by atoms with Crippen LogP contribution in [0.5, 0.6) is 0 Å². The number of pyridine rings is 1. The summed E-state index contributed by atoms with van der Waals surface area (Å²) in [6.45, 7) is 5.42. The van der Waals surface area contributed by atoms with Gasteiger partial charge < -0.3 is 15.1 Å². The molecule has 2 aromatic heterocycles. The lowest BCUT2D eigenvalue weighted by atomic mass is 10.0. The van der Waals surface area contributed by atoms with Gasteiger partial charge in [0.2, 0.25) is 5.95 Å². The fourth-order valence-corrected chi connectivity index (χ4v) is 4.47. The maximum atomic E-state index is 12.9. The number of likely N-dealkylation sites (tertiary alicyclic amines) is 1. The lowest BCUT2D eigenvalue weighted by Gasteiger charge is -2.20. The molecule has 3 aromatic rings. The number of nitrogens with zero attached hydrogens (tertiary/aromatic N) is 5. The van der Waals surface area contributed by atoms with Crippen LogP contribution in [0, 0.1) is 6.92 Å². The zero-order valence-electron chi connectivity index (χ0n) is 18.4. The van der Waals surface area contributed by atoms with E-state index < -0.39 is 0 Å². The second-order valence-corrected chi connectivity index (χ2v) is 8.62. The highest BCUT2D eigenvalue weighted by molar-refractivity contribution is 5.94. The van der Waals surface area contributed by atoms with Gasteiger partial charge in [0.05, 0.1) is 5.69 Å². The van der Waals surface area contributed by atoms with Crippen molar-refractivity contribution in [1.29, 1.82) is 0 Å². The SMILES string of the molecule is Cc1ccnc(Nc2cc(C3CCN(C(=O)c4ccccc4)C3)nc(N3CCCC3)n2)c1. The number of benzene rings is 1. The van der Waals surface area contributed by atoms with Crippen molar-refractivity contribution in [2.75, 3.05) is 36.4 Å². The fraction of sp³-hybridized carbons (Fsp3) is 0.360. The molecule has 7 heteroatoms. The first-order valence-corrected chi connectivity index (χ1v) is 11.3. The van der Waals surface area contributed by atoms with E-state index in [4.69, 9.17) is 9.97 Å². The van der Waals surface area contributed by atoms with Crippen LogP contribution in [0.15, 0.2) is 54.7 Å². The first-order chi connectivity index (χ1) is 15.7. The van der Waals surface area contributed by atoms with Crippen molar-refractivity contribution < 1.29 is 4.79 Å². The molecule has 7 nitrogen and oxygen atoms in total. The predicted octanol–water partition coefficient (Wildman–Crippen LogP) is 4.15. The molecule has 2 saturated heterocycles. The molecule has 0 radical (unpaired) electrons. The summed E-state index contributed by atoms with van der Waals surface area (Å²) >= 11 is 0. The van der Waals surface area contributed by atoms with Crippen LogP contribution in [-0.2, 0) is 0 Å². The van der Waals surface area contributed by atoms with Crippen LogP contribution in [0.1, 0.15) is 46.8 Å². The average Bonchev–Trinajstić information content (AvgIpc) is 3.52. The van der Waals surface area contributed by atoms with Gasteiger partial charge in [-0.2, -0.15) is 4.98 Å². The number of aryl methyl sites for hydroxylation is 1. The minimum absolute atomic E-state index is 0.0873. The molecule has 1 atom stereocenters. The largest absolute Gasteiger partial charge is 0.341 e. The van der Waals surface area contributed by atoms with E-state index in [0.29, 0.717) is 6.54 Å². The third kappa shape index (κ3) is 4.42. The number of nitrogens with one attached hydrogen (secondary N) is 1. The Hall–Kier alpha value is -3.48. The standard InChI is InChI=1S/C25H28N6O/c1-18-9-11-26-22(15-18)28-23-16-21(27-25(29-23)30-12-5-6-13-30)20-10-14-31(17-20)24(32)19-7-3-2-4-8-19/h2-4,7-9,11,15-16,20H,5-6,10,12-14,17H2,1H3,(H,26,27,28,29). The number of aromatic nitrogens is 3. The Bertz CT molecular complexity index is 1100. The summed E-state index contributed by atoms with van der Waals surface area (Å²) in [6, 6.07) is 15.5. The van der Waals surface area contributed by atoms with Gasteiger partial charge in [0.15, 0.2) is 0 Å². The van der Waals surface area contributed by atoms with Gasteiger partial charge in [0.25, 0.3) is 5.91 Å². The van der Waals surface area contributed by atoms with Crippen molar-refractivity contribution in [2.24, 2.45) is 0 Å². The van der Waals surface area contributed by atoms with Gasteiger partial charge in [-0.1, -0.05) is 18.2 Å². The summed E-state index contributed by atoms with van der Waals surface area (Å²) in [5.41, 5.74) is 2.87. The van der Waals surface area contributed by atoms with Crippen molar-refractivity contribution in [2.45, 2.75) is 32.1 Å². The Labute approximate surface area is 188 Å². The smallest absolute Gasteiger partial charge is 0.253 e. The van der Waals surface area contributed by atoms with E-state index in [1.54, 1.807) is 6.20 Å². The van der Waals surface area contributed by atoms with Crippen LogP contribution in [0.4, 0.5) is 17.6 Å². The third-order valence-electron chi connectivity index (χ3n) is 6.21. The number of rotatable bonds is 5.